The second-order valence-electron chi connectivity index (χ2n) is 6.04. The van der Waals surface area contributed by atoms with Crippen molar-refractivity contribution in [1.82, 2.24) is 14.9 Å². The van der Waals surface area contributed by atoms with Gasteiger partial charge in [-0.15, -0.1) is 0 Å². The van der Waals surface area contributed by atoms with Crippen molar-refractivity contribution in [2.24, 2.45) is 0 Å². The third-order valence-electron chi connectivity index (χ3n) is 4.21. The largest absolute Gasteiger partial charge is 0.353 e. The molecule has 0 spiro atoms. The van der Waals surface area contributed by atoms with Crippen molar-refractivity contribution in [3.63, 3.8) is 0 Å². The number of aromatic amines is 1. The van der Waals surface area contributed by atoms with Crippen molar-refractivity contribution >= 4 is 23.2 Å². The summed E-state index contributed by atoms with van der Waals surface area (Å²) in [6.07, 6.45) is 3.23. The maximum Gasteiger partial charge on any atom is 0.252 e. The first-order valence-electron chi connectivity index (χ1n) is 8.34. The first-order valence-corrected chi connectivity index (χ1v) is 9.28. The smallest absolute Gasteiger partial charge is 0.252 e. The molecule has 0 aromatic carbocycles. The van der Waals surface area contributed by atoms with Gasteiger partial charge in [0.2, 0.25) is 11.9 Å². The van der Waals surface area contributed by atoms with E-state index in [1.54, 1.807) is 11.3 Å². The third-order valence-corrected chi connectivity index (χ3v) is 4.89. The molecule has 128 valence electrons. The molecule has 3 heterocycles. The molecule has 2 aromatic rings. The molecule has 1 saturated heterocycles. The van der Waals surface area contributed by atoms with Crippen LogP contribution in [0.3, 0.4) is 0 Å². The zero-order chi connectivity index (χ0) is 16.9. The van der Waals surface area contributed by atoms with Crippen molar-refractivity contribution in [2.45, 2.75) is 38.6 Å². The number of anilines is 1. The molecule has 7 heteroatoms. The number of carbonyl (C=O) groups is 1. The van der Waals surface area contributed by atoms with E-state index in [0.717, 1.165) is 37.9 Å². The lowest BCUT2D eigenvalue weighted by molar-refractivity contribution is -0.132. The summed E-state index contributed by atoms with van der Waals surface area (Å²) in [5.41, 5.74) is 1.47. The maximum atomic E-state index is 11.9. The van der Waals surface area contributed by atoms with Gasteiger partial charge in [-0.1, -0.05) is 6.92 Å². The third kappa shape index (κ3) is 4.03. The molecule has 1 fully saturated rings. The van der Waals surface area contributed by atoms with Gasteiger partial charge in [0.05, 0.1) is 5.69 Å². The van der Waals surface area contributed by atoms with Gasteiger partial charge in [0, 0.05) is 42.6 Å². The summed E-state index contributed by atoms with van der Waals surface area (Å²) in [6.45, 7) is 3.53. The minimum absolute atomic E-state index is 0.163. The molecule has 2 aromatic heterocycles. The molecule has 0 saturated carbocycles. The first-order chi connectivity index (χ1) is 11.7. The van der Waals surface area contributed by atoms with Crippen molar-refractivity contribution in [3.8, 4) is 11.3 Å². The fraction of sp³-hybridized carbons (Fsp3) is 0.471. The molecule has 24 heavy (non-hydrogen) atoms. The molecule has 1 aliphatic heterocycles. The van der Waals surface area contributed by atoms with E-state index < -0.39 is 0 Å². The molecule has 0 aliphatic carbocycles. The summed E-state index contributed by atoms with van der Waals surface area (Å²) in [5, 5.41) is 7.26. The van der Waals surface area contributed by atoms with Gasteiger partial charge in [0.25, 0.3) is 5.56 Å². The van der Waals surface area contributed by atoms with Crippen molar-refractivity contribution in [1.29, 1.82) is 0 Å². The van der Waals surface area contributed by atoms with E-state index in [0.29, 0.717) is 18.1 Å². The van der Waals surface area contributed by atoms with Gasteiger partial charge in [0.15, 0.2) is 0 Å². The number of hydrogen-bond donors (Lipinski definition) is 2. The van der Waals surface area contributed by atoms with E-state index in [2.05, 4.69) is 15.3 Å². The molecule has 0 unspecified atom stereocenters. The van der Waals surface area contributed by atoms with E-state index in [4.69, 9.17) is 0 Å². The molecule has 3 rings (SSSR count). The standard InChI is InChI=1S/C17H22N4O2S/c1-2-3-16(23)21-7-4-13(5-8-21)18-17-19-14(10-15(22)20-17)12-6-9-24-11-12/h6,9-11,13H,2-5,7-8H2,1H3,(H2,18,19,20,22). The minimum Gasteiger partial charge on any atom is -0.353 e. The monoisotopic (exact) mass is 346 g/mol. The Balaban J connectivity index is 1.63. The quantitative estimate of drug-likeness (QED) is 0.872. The molecule has 6 nitrogen and oxygen atoms in total. The van der Waals surface area contributed by atoms with Gasteiger partial charge in [-0.3, -0.25) is 14.6 Å². The van der Waals surface area contributed by atoms with Gasteiger partial charge < -0.3 is 10.2 Å². The number of piperidine rings is 1. The Morgan fingerprint density at radius 3 is 2.92 bits per heavy atom. The van der Waals surface area contributed by atoms with Gasteiger partial charge in [-0.25, -0.2) is 4.98 Å². The number of rotatable bonds is 5. The van der Waals surface area contributed by atoms with Crippen LogP contribution in [-0.4, -0.2) is 39.9 Å². The van der Waals surface area contributed by atoms with E-state index in [1.807, 2.05) is 28.7 Å². The maximum absolute atomic E-state index is 11.9. The van der Waals surface area contributed by atoms with Gasteiger partial charge in [-0.05, 0) is 30.7 Å². The number of hydrogen-bond acceptors (Lipinski definition) is 5. The number of amides is 1. The lowest BCUT2D eigenvalue weighted by Gasteiger charge is -2.32. The fourth-order valence-corrected chi connectivity index (χ4v) is 3.57. The summed E-state index contributed by atoms with van der Waals surface area (Å²) in [7, 11) is 0. The summed E-state index contributed by atoms with van der Waals surface area (Å²) in [5.74, 6) is 0.740. The second-order valence-corrected chi connectivity index (χ2v) is 6.82. The number of nitrogens with one attached hydrogen (secondary N) is 2. The normalized spacial score (nSPS) is 15.5. The first kappa shape index (κ1) is 16.7. The number of aromatic nitrogens is 2. The second kappa shape index (κ2) is 7.61. The summed E-state index contributed by atoms with van der Waals surface area (Å²) < 4.78 is 0. The number of thiophene rings is 1. The van der Waals surface area contributed by atoms with Crippen molar-refractivity contribution < 1.29 is 4.79 Å². The predicted octanol–water partition coefficient (Wildman–Crippen LogP) is 2.70. The Bertz CT molecular complexity index is 733. The number of carbonyl (C=O) groups excluding carboxylic acids is 1. The zero-order valence-corrected chi connectivity index (χ0v) is 14.6. The van der Waals surface area contributed by atoms with Gasteiger partial charge in [-0.2, -0.15) is 11.3 Å². The van der Waals surface area contributed by atoms with Crippen LogP contribution in [0, 0.1) is 0 Å². The Labute approximate surface area is 144 Å². The van der Waals surface area contributed by atoms with Gasteiger partial charge in [0.1, 0.15) is 0 Å². The van der Waals surface area contributed by atoms with Crippen LogP contribution in [0.4, 0.5) is 5.95 Å². The average Bonchev–Trinajstić information content (AvgIpc) is 3.10. The Morgan fingerprint density at radius 2 is 2.25 bits per heavy atom. The topological polar surface area (TPSA) is 78.1 Å². The van der Waals surface area contributed by atoms with Gasteiger partial charge >= 0.3 is 0 Å². The van der Waals surface area contributed by atoms with Crippen LogP contribution >= 0.6 is 11.3 Å². The fourth-order valence-electron chi connectivity index (χ4n) is 2.92. The Morgan fingerprint density at radius 1 is 1.46 bits per heavy atom. The molecule has 1 amide bonds. The van der Waals surface area contributed by atoms with Crippen LogP contribution in [0.25, 0.3) is 11.3 Å². The van der Waals surface area contributed by atoms with E-state index in [1.165, 1.54) is 6.07 Å². The highest BCUT2D eigenvalue weighted by Gasteiger charge is 2.22. The Kier molecular flexibility index (Phi) is 5.30. The SMILES string of the molecule is CCCC(=O)N1CCC(Nc2nc(-c3ccsc3)cc(=O)[nH]2)CC1. The van der Waals surface area contributed by atoms with E-state index in [-0.39, 0.29) is 17.5 Å². The summed E-state index contributed by atoms with van der Waals surface area (Å²) in [6, 6.07) is 3.68. The molecule has 2 N–H and O–H groups in total. The molecule has 0 atom stereocenters. The van der Waals surface area contributed by atoms with Crippen LogP contribution < -0.4 is 10.9 Å². The van der Waals surface area contributed by atoms with Crippen LogP contribution in [0.2, 0.25) is 0 Å². The van der Waals surface area contributed by atoms with Crippen LogP contribution in [-0.2, 0) is 4.79 Å². The van der Waals surface area contributed by atoms with E-state index >= 15 is 0 Å². The highest BCUT2D eigenvalue weighted by atomic mass is 32.1. The van der Waals surface area contributed by atoms with E-state index in [9.17, 15) is 9.59 Å². The molecule has 1 aliphatic rings. The minimum atomic E-state index is -0.163. The van der Waals surface area contributed by atoms with Crippen LogP contribution in [0.15, 0.2) is 27.7 Å². The molecule has 0 bridgehead atoms. The number of H-pyrrole nitrogens is 1. The highest BCUT2D eigenvalue weighted by molar-refractivity contribution is 7.08. The number of nitrogens with zero attached hydrogens (tertiary/aromatic N) is 2. The summed E-state index contributed by atoms with van der Waals surface area (Å²) >= 11 is 1.58. The molecular formula is C17H22N4O2S. The number of likely N-dealkylation sites (tertiary alicyclic amines) is 1. The molecule has 0 radical (unpaired) electrons. The van der Waals surface area contributed by atoms with Crippen LogP contribution in [0.5, 0.6) is 0 Å². The van der Waals surface area contributed by atoms with Crippen molar-refractivity contribution in [3.05, 3.63) is 33.2 Å². The Hall–Kier alpha value is -2.15. The lowest BCUT2D eigenvalue weighted by Crippen LogP contribution is -2.42. The zero-order valence-electron chi connectivity index (χ0n) is 13.7. The highest BCUT2D eigenvalue weighted by Crippen LogP contribution is 2.20. The van der Waals surface area contributed by atoms with Crippen molar-refractivity contribution in [2.75, 3.05) is 18.4 Å². The van der Waals surface area contributed by atoms with Crippen LogP contribution in [0.1, 0.15) is 32.6 Å². The average molecular weight is 346 g/mol. The lowest BCUT2D eigenvalue weighted by atomic mass is 10.0. The molecular weight excluding hydrogens is 324 g/mol. The predicted molar refractivity (Wildman–Crippen MR) is 96.3 cm³/mol. The summed E-state index contributed by atoms with van der Waals surface area (Å²) in [4.78, 5) is 33.0.